The summed E-state index contributed by atoms with van der Waals surface area (Å²) in [5.41, 5.74) is 11.4. The van der Waals surface area contributed by atoms with Crippen molar-refractivity contribution in [3.05, 3.63) is 188 Å². The zero-order valence-corrected chi connectivity index (χ0v) is 29.6. The Bertz CT molecular complexity index is 3160. The van der Waals surface area contributed by atoms with Crippen LogP contribution in [0, 0.1) is 0 Å². The van der Waals surface area contributed by atoms with Gasteiger partial charge in [0.05, 0.1) is 17.1 Å². The van der Waals surface area contributed by atoms with Crippen molar-refractivity contribution in [2.75, 3.05) is 0 Å². The fourth-order valence-electron chi connectivity index (χ4n) is 7.89. The van der Waals surface area contributed by atoms with Crippen molar-refractivity contribution < 1.29 is 0 Å². The molecule has 0 radical (unpaired) electrons. The Hall–Kier alpha value is -7.50. The van der Waals surface area contributed by atoms with Gasteiger partial charge in [-0.3, -0.25) is 4.40 Å². The first-order chi connectivity index (χ1) is 27.2. The van der Waals surface area contributed by atoms with E-state index in [0.29, 0.717) is 5.82 Å². The van der Waals surface area contributed by atoms with Crippen LogP contribution in [0.5, 0.6) is 0 Å². The summed E-state index contributed by atoms with van der Waals surface area (Å²) >= 11 is 0. The van der Waals surface area contributed by atoms with Crippen molar-refractivity contribution in [2.24, 2.45) is 0 Å². The third-order valence-electron chi connectivity index (χ3n) is 10.6. The van der Waals surface area contributed by atoms with E-state index in [9.17, 15) is 0 Å². The highest BCUT2D eigenvalue weighted by Gasteiger charge is 2.22. The highest BCUT2D eigenvalue weighted by molar-refractivity contribution is 6.09. The van der Waals surface area contributed by atoms with Crippen molar-refractivity contribution in [2.45, 2.75) is 0 Å². The number of hydrogen-bond acceptors (Lipinski definition) is 4. The number of imidazole rings is 1. The normalized spacial score (nSPS) is 11.6. The van der Waals surface area contributed by atoms with Gasteiger partial charge < -0.3 is 0 Å². The Morgan fingerprint density at radius 3 is 1.56 bits per heavy atom. The molecule has 11 aromatic rings. The minimum atomic E-state index is 0.685. The van der Waals surface area contributed by atoms with Crippen molar-refractivity contribution in [1.29, 1.82) is 0 Å². The minimum Gasteiger partial charge on any atom is -0.284 e. The minimum absolute atomic E-state index is 0.685. The first-order valence-electron chi connectivity index (χ1n) is 18.5. The number of rotatable bonds is 5. The lowest BCUT2D eigenvalue weighted by atomic mass is 9.91. The van der Waals surface area contributed by atoms with Gasteiger partial charge in [0.25, 0.3) is 0 Å². The summed E-state index contributed by atoms with van der Waals surface area (Å²) in [5.74, 6) is 0.685. The molecule has 55 heavy (non-hydrogen) atoms. The van der Waals surface area contributed by atoms with Crippen LogP contribution in [0.3, 0.4) is 0 Å². The predicted molar refractivity (Wildman–Crippen MR) is 226 cm³/mol. The molecule has 0 saturated heterocycles. The highest BCUT2D eigenvalue weighted by Crippen LogP contribution is 2.42. The molecule has 256 valence electrons. The van der Waals surface area contributed by atoms with Crippen molar-refractivity contribution in [3.63, 3.8) is 0 Å². The average molecular weight is 702 g/mol. The van der Waals surface area contributed by atoms with Gasteiger partial charge in [-0.2, -0.15) is 0 Å². The largest absolute Gasteiger partial charge is 0.284 e. The van der Waals surface area contributed by atoms with Gasteiger partial charge in [0.15, 0.2) is 11.5 Å². The van der Waals surface area contributed by atoms with E-state index in [0.717, 1.165) is 88.8 Å². The summed E-state index contributed by atoms with van der Waals surface area (Å²) in [5, 5.41) is 6.84. The molecule has 4 aromatic heterocycles. The van der Waals surface area contributed by atoms with Gasteiger partial charge in [-0.05, 0) is 51.4 Å². The lowest BCUT2D eigenvalue weighted by Gasteiger charge is -2.18. The van der Waals surface area contributed by atoms with Gasteiger partial charge in [0, 0.05) is 44.8 Å². The number of nitrogens with zero attached hydrogens (tertiary/aromatic N) is 5. The average Bonchev–Trinajstić information content (AvgIpc) is 3.65. The van der Waals surface area contributed by atoms with Crippen molar-refractivity contribution in [1.82, 2.24) is 24.3 Å². The quantitative estimate of drug-likeness (QED) is 0.179. The topological polar surface area (TPSA) is 56.0 Å². The molecule has 0 saturated carbocycles. The Morgan fingerprint density at radius 2 is 0.891 bits per heavy atom. The predicted octanol–water partition coefficient (Wildman–Crippen LogP) is 12.5. The van der Waals surface area contributed by atoms with E-state index in [1.54, 1.807) is 0 Å². The first kappa shape index (κ1) is 31.1. The second kappa shape index (κ2) is 12.6. The van der Waals surface area contributed by atoms with E-state index in [1.807, 2.05) is 42.6 Å². The van der Waals surface area contributed by atoms with E-state index >= 15 is 0 Å². The number of benzene rings is 7. The molecule has 0 fully saturated rings. The second-order valence-corrected chi connectivity index (χ2v) is 13.9. The van der Waals surface area contributed by atoms with Gasteiger partial charge in [-0.15, -0.1) is 0 Å². The third-order valence-corrected chi connectivity index (χ3v) is 10.6. The molecule has 0 amide bonds. The maximum Gasteiger partial charge on any atom is 0.165 e. The Labute approximate surface area is 316 Å². The molecule has 0 atom stereocenters. The molecule has 7 aromatic carbocycles. The maximum atomic E-state index is 5.39. The van der Waals surface area contributed by atoms with Crippen molar-refractivity contribution in [3.8, 4) is 56.3 Å². The van der Waals surface area contributed by atoms with Crippen LogP contribution in [0.15, 0.2) is 188 Å². The molecule has 5 heteroatoms. The standard InChI is InChI=1S/C50H31N5/c1-2-14-36(15-3-1)49-52-46(39-27-21-32-12-4-6-16-37(32)30-39)44(47(53-49)40-28-22-33-13-5-7-17-38(33)31-40)34-23-25-35(26-24-34)45-41-18-8-9-19-42(41)48-50(54-45)55-29-11-10-20-43(55)51-48/h1-31H. The van der Waals surface area contributed by atoms with E-state index in [-0.39, 0.29) is 0 Å². The fourth-order valence-corrected chi connectivity index (χ4v) is 7.89. The zero-order chi connectivity index (χ0) is 36.3. The molecule has 0 spiro atoms. The summed E-state index contributed by atoms with van der Waals surface area (Å²) < 4.78 is 2.07. The number of pyridine rings is 2. The molecule has 0 aliphatic carbocycles. The summed E-state index contributed by atoms with van der Waals surface area (Å²) in [7, 11) is 0. The number of fused-ring (bicyclic) bond motifs is 7. The maximum absolute atomic E-state index is 5.39. The van der Waals surface area contributed by atoms with Crippen LogP contribution < -0.4 is 0 Å². The summed E-state index contributed by atoms with van der Waals surface area (Å²) in [6.07, 6.45) is 2.03. The lowest BCUT2D eigenvalue weighted by Crippen LogP contribution is -2.01. The van der Waals surface area contributed by atoms with E-state index in [2.05, 4.69) is 150 Å². The summed E-state index contributed by atoms with van der Waals surface area (Å²) in [6.45, 7) is 0. The van der Waals surface area contributed by atoms with Crippen LogP contribution in [-0.4, -0.2) is 24.3 Å². The van der Waals surface area contributed by atoms with E-state index in [4.69, 9.17) is 19.9 Å². The fraction of sp³-hybridized carbons (Fsp3) is 0. The van der Waals surface area contributed by atoms with Crippen LogP contribution in [0.4, 0.5) is 0 Å². The van der Waals surface area contributed by atoms with Gasteiger partial charge in [-0.1, -0.05) is 158 Å². The number of hydrogen-bond donors (Lipinski definition) is 0. The molecule has 0 bridgehead atoms. The Kier molecular flexibility index (Phi) is 7.10. The van der Waals surface area contributed by atoms with Gasteiger partial charge in [-0.25, -0.2) is 19.9 Å². The zero-order valence-electron chi connectivity index (χ0n) is 29.6. The van der Waals surface area contributed by atoms with Crippen LogP contribution >= 0.6 is 0 Å². The summed E-state index contributed by atoms with van der Waals surface area (Å²) in [6, 6.07) is 63.7. The van der Waals surface area contributed by atoms with Crippen LogP contribution in [0.2, 0.25) is 0 Å². The van der Waals surface area contributed by atoms with Crippen molar-refractivity contribution >= 4 is 49.1 Å². The van der Waals surface area contributed by atoms with Gasteiger partial charge in [0.1, 0.15) is 11.2 Å². The molecule has 0 aliphatic rings. The second-order valence-electron chi connectivity index (χ2n) is 13.9. The molecule has 5 nitrogen and oxygen atoms in total. The SMILES string of the molecule is c1ccc(-c2nc(-c3ccc4ccccc4c3)c(-c3ccc(-c4nc5c(nc6ccccn65)c5ccccc45)cc3)c(-c3ccc4ccccc4c3)n2)cc1. The molecular formula is C50H31N5. The first-order valence-corrected chi connectivity index (χ1v) is 18.5. The van der Waals surface area contributed by atoms with Crippen LogP contribution in [0.1, 0.15) is 0 Å². The van der Waals surface area contributed by atoms with Gasteiger partial charge in [0.2, 0.25) is 0 Å². The highest BCUT2D eigenvalue weighted by atomic mass is 15.1. The Balaban J connectivity index is 1.16. The number of aromatic nitrogens is 5. The molecular weight excluding hydrogens is 671 g/mol. The summed E-state index contributed by atoms with van der Waals surface area (Å²) in [4.78, 5) is 21.0. The monoisotopic (exact) mass is 701 g/mol. The van der Waals surface area contributed by atoms with E-state index < -0.39 is 0 Å². The van der Waals surface area contributed by atoms with Gasteiger partial charge >= 0.3 is 0 Å². The lowest BCUT2D eigenvalue weighted by molar-refractivity contribution is 1.18. The van der Waals surface area contributed by atoms with E-state index in [1.165, 1.54) is 10.8 Å². The Morgan fingerprint density at radius 1 is 0.345 bits per heavy atom. The molecule has 0 N–H and O–H groups in total. The third kappa shape index (κ3) is 5.24. The molecule has 11 rings (SSSR count). The molecule has 4 heterocycles. The van der Waals surface area contributed by atoms with Crippen LogP contribution in [0.25, 0.3) is 105 Å². The van der Waals surface area contributed by atoms with Crippen LogP contribution in [-0.2, 0) is 0 Å². The molecule has 0 aliphatic heterocycles. The molecule has 0 unspecified atom stereocenters. The smallest absolute Gasteiger partial charge is 0.165 e.